The fourth-order valence-electron chi connectivity index (χ4n) is 0.613. The van der Waals surface area contributed by atoms with Gasteiger partial charge in [-0.25, -0.2) is 4.79 Å². The lowest BCUT2D eigenvalue weighted by Gasteiger charge is -2.10. The topological polar surface area (TPSA) is 107 Å². The lowest BCUT2D eigenvalue weighted by atomic mass is 10.4. The second kappa shape index (κ2) is 6.56. The minimum absolute atomic E-state index is 0.240. The zero-order chi connectivity index (χ0) is 9.40. The third-order valence-corrected chi connectivity index (χ3v) is 1.09. The second-order valence-corrected chi connectivity index (χ2v) is 2.10. The summed E-state index contributed by atoms with van der Waals surface area (Å²) in [6.07, 6.45) is -1.27. The summed E-state index contributed by atoms with van der Waals surface area (Å²) in [5, 5.41) is 2.80. The van der Waals surface area contributed by atoms with E-state index in [9.17, 15) is 9.59 Å². The first-order chi connectivity index (χ1) is 5.70. The molecule has 1 unspecified atom stereocenters. The van der Waals surface area contributed by atoms with Crippen LogP contribution < -0.4 is 16.8 Å². The smallest absolute Gasteiger partial charge is 0.405 e. The highest BCUT2D eigenvalue weighted by molar-refractivity contribution is 5.69. The third-order valence-electron chi connectivity index (χ3n) is 1.09. The van der Waals surface area contributed by atoms with Crippen LogP contribution in [0.3, 0.4) is 0 Å². The molecule has 70 valence electrons. The molecule has 0 saturated heterocycles. The van der Waals surface area contributed by atoms with Crippen LogP contribution in [0.1, 0.15) is 0 Å². The fraction of sp³-hybridized carbons (Fsp3) is 0.667. The predicted molar refractivity (Wildman–Crippen MR) is 42.4 cm³/mol. The van der Waals surface area contributed by atoms with Gasteiger partial charge in [0.1, 0.15) is 0 Å². The summed E-state index contributed by atoms with van der Waals surface area (Å²) in [5.41, 5.74) is 9.87. The highest BCUT2D eigenvalue weighted by atomic mass is 16.6. The molecule has 0 fully saturated rings. The molecule has 0 heterocycles. The number of hydrogen-bond acceptors (Lipinski definition) is 5. The number of carbonyl (C=O) groups excluding carboxylic acids is 2. The number of amides is 1. The van der Waals surface area contributed by atoms with Crippen molar-refractivity contribution in [2.24, 2.45) is 11.5 Å². The van der Waals surface area contributed by atoms with Crippen LogP contribution in [-0.4, -0.2) is 38.1 Å². The van der Waals surface area contributed by atoms with E-state index >= 15 is 0 Å². The predicted octanol–water partition coefficient (Wildman–Crippen LogP) is -1.80. The Bertz CT molecular complexity index is 151. The van der Waals surface area contributed by atoms with Crippen molar-refractivity contribution in [1.82, 2.24) is 5.32 Å². The molecule has 0 saturated carbocycles. The van der Waals surface area contributed by atoms with Crippen LogP contribution >= 0.6 is 0 Å². The Labute approximate surface area is 70.2 Å². The normalized spacial score (nSPS) is 12.1. The van der Waals surface area contributed by atoms with Gasteiger partial charge in [-0.2, -0.15) is 0 Å². The van der Waals surface area contributed by atoms with E-state index in [1.165, 1.54) is 0 Å². The van der Waals surface area contributed by atoms with Crippen LogP contribution in [0.15, 0.2) is 0 Å². The van der Waals surface area contributed by atoms with Crippen molar-refractivity contribution in [3.05, 3.63) is 0 Å². The average molecular weight is 175 g/mol. The summed E-state index contributed by atoms with van der Waals surface area (Å²) >= 11 is 0. The zero-order valence-corrected chi connectivity index (χ0v) is 6.66. The summed E-state index contributed by atoms with van der Waals surface area (Å²) in [5.74, 6) is 0. The highest BCUT2D eigenvalue weighted by Crippen LogP contribution is 1.84. The maximum Gasteiger partial charge on any atom is 0.405 e. The highest BCUT2D eigenvalue weighted by Gasteiger charge is 2.09. The minimum Gasteiger partial charge on any atom is -0.437 e. The van der Waals surface area contributed by atoms with Gasteiger partial charge < -0.3 is 21.5 Å². The molecular formula is C6H13N3O3. The molecule has 0 aliphatic heterocycles. The molecule has 1 atom stereocenters. The lowest BCUT2D eigenvalue weighted by Crippen LogP contribution is -2.35. The lowest BCUT2D eigenvalue weighted by molar-refractivity contribution is -0.114. The van der Waals surface area contributed by atoms with Gasteiger partial charge in [-0.05, 0) is 0 Å². The molecule has 0 aromatic rings. The van der Waals surface area contributed by atoms with Crippen LogP contribution in [0, 0.1) is 0 Å². The van der Waals surface area contributed by atoms with Crippen LogP contribution in [-0.2, 0) is 9.53 Å². The summed E-state index contributed by atoms with van der Waals surface area (Å²) in [6, 6.07) is 0. The van der Waals surface area contributed by atoms with Gasteiger partial charge in [0.15, 0.2) is 12.4 Å². The maximum atomic E-state index is 10.2. The first kappa shape index (κ1) is 10.9. The second-order valence-electron chi connectivity index (χ2n) is 2.10. The Kier molecular flexibility index (Phi) is 5.94. The number of primary amides is 1. The molecule has 6 nitrogen and oxygen atoms in total. The van der Waals surface area contributed by atoms with Gasteiger partial charge in [0.05, 0.1) is 0 Å². The molecule has 0 radical (unpaired) electrons. The van der Waals surface area contributed by atoms with Crippen molar-refractivity contribution >= 4 is 12.4 Å². The van der Waals surface area contributed by atoms with E-state index in [1.54, 1.807) is 0 Å². The fourth-order valence-corrected chi connectivity index (χ4v) is 0.613. The van der Waals surface area contributed by atoms with Crippen molar-refractivity contribution in [2.75, 3.05) is 19.6 Å². The van der Waals surface area contributed by atoms with Crippen molar-refractivity contribution in [1.29, 1.82) is 0 Å². The standard InChI is InChI=1S/C6H13N3O3/c7-1-2-9-3-5(4-10)12-6(8)11/h4-5,9H,1-3,7H2,(H2,8,11). The Morgan fingerprint density at radius 3 is 2.75 bits per heavy atom. The molecule has 6 heteroatoms. The van der Waals surface area contributed by atoms with Crippen molar-refractivity contribution < 1.29 is 14.3 Å². The van der Waals surface area contributed by atoms with Gasteiger partial charge in [0.2, 0.25) is 0 Å². The molecule has 1 amide bonds. The number of carbonyl (C=O) groups is 2. The van der Waals surface area contributed by atoms with Gasteiger partial charge in [0, 0.05) is 19.6 Å². The third kappa shape index (κ3) is 5.63. The Morgan fingerprint density at radius 2 is 2.33 bits per heavy atom. The quantitative estimate of drug-likeness (QED) is 0.326. The molecule has 0 aliphatic rings. The summed E-state index contributed by atoms with van der Waals surface area (Å²) < 4.78 is 4.41. The molecular weight excluding hydrogens is 162 g/mol. The van der Waals surface area contributed by atoms with Crippen LogP contribution in [0.2, 0.25) is 0 Å². The van der Waals surface area contributed by atoms with E-state index < -0.39 is 12.2 Å². The minimum atomic E-state index is -0.957. The SMILES string of the molecule is NCCNCC(C=O)OC(N)=O. The van der Waals surface area contributed by atoms with Crippen LogP contribution in [0.5, 0.6) is 0 Å². The first-order valence-corrected chi connectivity index (χ1v) is 3.53. The number of ether oxygens (including phenoxy) is 1. The van der Waals surface area contributed by atoms with Gasteiger partial charge in [-0.15, -0.1) is 0 Å². The molecule has 0 rings (SSSR count). The Morgan fingerprint density at radius 1 is 1.67 bits per heavy atom. The number of nitrogens with one attached hydrogen (secondary N) is 1. The number of rotatable bonds is 6. The molecule has 0 aliphatic carbocycles. The van der Waals surface area contributed by atoms with Crippen molar-refractivity contribution in [3.63, 3.8) is 0 Å². The van der Waals surface area contributed by atoms with E-state index in [-0.39, 0.29) is 6.54 Å². The monoisotopic (exact) mass is 175 g/mol. The van der Waals surface area contributed by atoms with Crippen molar-refractivity contribution in [3.8, 4) is 0 Å². The summed E-state index contributed by atoms with van der Waals surface area (Å²) in [6.45, 7) is 1.26. The van der Waals surface area contributed by atoms with Crippen molar-refractivity contribution in [2.45, 2.75) is 6.10 Å². The summed E-state index contributed by atoms with van der Waals surface area (Å²) in [7, 11) is 0. The molecule has 0 bridgehead atoms. The largest absolute Gasteiger partial charge is 0.437 e. The van der Waals surface area contributed by atoms with E-state index in [0.717, 1.165) is 0 Å². The molecule has 0 aromatic heterocycles. The molecule has 5 N–H and O–H groups in total. The van der Waals surface area contributed by atoms with Gasteiger partial charge >= 0.3 is 6.09 Å². The van der Waals surface area contributed by atoms with E-state index in [0.29, 0.717) is 19.4 Å². The molecule has 12 heavy (non-hydrogen) atoms. The van der Waals surface area contributed by atoms with Gasteiger partial charge in [0.25, 0.3) is 0 Å². The molecule has 0 spiro atoms. The maximum absolute atomic E-state index is 10.2. The van der Waals surface area contributed by atoms with E-state index in [1.807, 2.05) is 0 Å². The Balaban J connectivity index is 3.53. The molecule has 0 aromatic carbocycles. The van der Waals surface area contributed by atoms with E-state index in [2.05, 4.69) is 10.1 Å². The van der Waals surface area contributed by atoms with Gasteiger partial charge in [-0.3, -0.25) is 4.79 Å². The first-order valence-electron chi connectivity index (χ1n) is 3.53. The van der Waals surface area contributed by atoms with Crippen LogP contribution in [0.4, 0.5) is 4.79 Å². The number of nitrogens with two attached hydrogens (primary N) is 2. The zero-order valence-electron chi connectivity index (χ0n) is 6.66. The Hall–Kier alpha value is -1.14. The summed E-state index contributed by atoms with van der Waals surface area (Å²) in [4.78, 5) is 20.4. The van der Waals surface area contributed by atoms with Crippen LogP contribution in [0.25, 0.3) is 0 Å². The number of aldehydes is 1. The number of hydrogen-bond donors (Lipinski definition) is 3. The van der Waals surface area contributed by atoms with Gasteiger partial charge in [-0.1, -0.05) is 0 Å². The van der Waals surface area contributed by atoms with E-state index in [4.69, 9.17) is 11.5 Å². The average Bonchev–Trinajstić information content (AvgIpc) is 2.02.